The van der Waals surface area contributed by atoms with Gasteiger partial charge in [-0.05, 0) is 35.0 Å². The molecular formula is C10H7BrF2O3. The fourth-order valence-corrected chi connectivity index (χ4v) is 1.01. The minimum absolute atomic E-state index is 0.142. The van der Waals surface area contributed by atoms with Crippen molar-refractivity contribution in [3.8, 4) is 5.75 Å². The summed E-state index contributed by atoms with van der Waals surface area (Å²) in [6.45, 7) is 1.28. The lowest BCUT2D eigenvalue weighted by molar-refractivity contribution is -0.131. The third kappa shape index (κ3) is 2.79. The van der Waals surface area contributed by atoms with Gasteiger partial charge in [-0.25, -0.2) is 13.6 Å². The SMILES string of the molecule is C/C(Oc1c(F)cccc1F)=C(\Br)C(=O)O. The largest absolute Gasteiger partial charge is 0.477 e. The first-order chi connectivity index (χ1) is 7.43. The van der Waals surface area contributed by atoms with Gasteiger partial charge in [-0.3, -0.25) is 0 Å². The quantitative estimate of drug-likeness (QED) is 0.688. The molecule has 0 amide bonds. The molecule has 86 valence electrons. The second kappa shape index (κ2) is 5.07. The Hall–Kier alpha value is -1.43. The normalized spacial score (nSPS) is 12.0. The Morgan fingerprint density at radius 3 is 2.31 bits per heavy atom. The Morgan fingerprint density at radius 2 is 1.88 bits per heavy atom. The number of allylic oxidation sites excluding steroid dienone is 1. The van der Waals surface area contributed by atoms with Crippen molar-refractivity contribution in [1.29, 1.82) is 0 Å². The van der Waals surface area contributed by atoms with E-state index in [-0.39, 0.29) is 10.2 Å². The molecule has 0 unspecified atom stereocenters. The van der Waals surface area contributed by atoms with Gasteiger partial charge in [-0.1, -0.05) is 6.07 Å². The van der Waals surface area contributed by atoms with E-state index in [4.69, 9.17) is 9.84 Å². The molecule has 0 aromatic heterocycles. The van der Waals surface area contributed by atoms with Crippen molar-refractivity contribution in [1.82, 2.24) is 0 Å². The predicted octanol–water partition coefficient (Wildman–Crippen LogP) is 3.05. The highest BCUT2D eigenvalue weighted by atomic mass is 79.9. The first-order valence-corrected chi connectivity index (χ1v) is 4.94. The number of para-hydroxylation sites is 1. The van der Waals surface area contributed by atoms with E-state index in [9.17, 15) is 13.6 Å². The molecular weight excluding hydrogens is 286 g/mol. The van der Waals surface area contributed by atoms with Crippen LogP contribution >= 0.6 is 15.9 Å². The van der Waals surface area contributed by atoms with Gasteiger partial charge >= 0.3 is 5.97 Å². The lowest BCUT2D eigenvalue weighted by Gasteiger charge is -2.08. The van der Waals surface area contributed by atoms with Gasteiger partial charge in [0.25, 0.3) is 0 Å². The average Bonchev–Trinajstić information content (AvgIpc) is 2.22. The number of carboxylic acid groups (broad SMARTS) is 1. The molecule has 6 heteroatoms. The van der Waals surface area contributed by atoms with Gasteiger partial charge in [0.2, 0.25) is 0 Å². The molecule has 0 heterocycles. The van der Waals surface area contributed by atoms with Crippen LogP contribution in [-0.4, -0.2) is 11.1 Å². The molecule has 1 aromatic carbocycles. The summed E-state index contributed by atoms with van der Waals surface area (Å²) in [6, 6.07) is 3.21. The first kappa shape index (κ1) is 12.6. The molecule has 0 bridgehead atoms. The molecule has 0 spiro atoms. The molecule has 0 aliphatic carbocycles. The van der Waals surface area contributed by atoms with E-state index in [2.05, 4.69) is 15.9 Å². The van der Waals surface area contributed by atoms with Crippen LogP contribution in [0.4, 0.5) is 8.78 Å². The number of rotatable bonds is 3. The third-order valence-electron chi connectivity index (χ3n) is 1.67. The zero-order chi connectivity index (χ0) is 12.3. The van der Waals surface area contributed by atoms with Crippen molar-refractivity contribution >= 4 is 21.9 Å². The van der Waals surface area contributed by atoms with Crippen LogP contribution in [-0.2, 0) is 4.79 Å². The summed E-state index contributed by atoms with van der Waals surface area (Å²) in [5.74, 6) is -3.85. The van der Waals surface area contributed by atoms with E-state index < -0.39 is 23.4 Å². The van der Waals surface area contributed by atoms with Gasteiger partial charge in [0.15, 0.2) is 17.4 Å². The van der Waals surface area contributed by atoms with E-state index in [1.807, 2.05) is 0 Å². The number of hydrogen-bond acceptors (Lipinski definition) is 2. The topological polar surface area (TPSA) is 46.5 Å². The van der Waals surface area contributed by atoms with Gasteiger partial charge in [-0.2, -0.15) is 0 Å². The molecule has 0 fully saturated rings. The monoisotopic (exact) mass is 292 g/mol. The van der Waals surface area contributed by atoms with Crippen molar-refractivity contribution < 1.29 is 23.4 Å². The Kier molecular flexibility index (Phi) is 4.00. The van der Waals surface area contributed by atoms with Crippen molar-refractivity contribution in [2.24, 2.45) is 0 Å². The Morgan fingerprint density at radius 1 is 1.38 bits per heavy atom. The highest BCUT2D eigenvalue weighted by Gasteiger charge is 2.14. The fraction of sp³-hybridized carbons (Fsp3) is 0.100. The van der Waals surface area contributed by atoms with Crippen molar-refractivity contribution in [2.75, 3.05) is 0 Å². The van der Waals surface area contributed by atoms with Crippen LogP contribution in [0.3, 0.4) is 0 Å². The van der Waals surface area contributed by atoms with E-state index in [1.54, 1.807) is 0 Å². The van der Waals surface area contributed by atoms with Gasteiger partial charge in [0.05, 0.1) is 0 Å². The average molecular weight is 293 g/mol. The minimum Gasteiger partial charge on any atom is -0.477 e. The number of aliphatic carboxylic acids is 1. The van der Waals surface area contributed by atoms with Gasteiger partial charge in [-0.15, -0.1) is 0 Å². The van der Waals surface area contributed by atoms with Gasteiger partial charge in [0, 0.05) is 0 Å². The Bertz CT molecular complexity index is 437. The van der Waals surface area contributed by atoms with Gasteiger partial charge in [0.1, 0.15) is 10.2 Å². The Labute approximate surface area is 98.5 Å². The summed E-state index contributed by atoms with van der Waals surface area (Å²) in [4.78, 5) is 10.5. The first-order valence-electron chi connectivity index (χ1n) is 4.15. The standard InChI is InChI=1S/C10H7BrF2O3/c1-5(8(11)10(14)15)16-9-6(12)3-2-4-7(9)13/h2-4H,1H3,(H,14,15)/b8-5+. The lowest BCUT2D eigenvalue weighted by atomic mass is 10.3. The molecule has 0 radical (unpaired) electrons. The minimum atomic E-state index is -1.28. The second-order valence-corrected chi connectivity index (χ2v) is 3.62. The van der Waals surface area contributed by atoms with Crippen LogP contribution in [0.5, 0.6) is 5.75 Å². The molecule has 3 nitrogen and oxygen atoms in total. The predicted molar refractivity (Wildman–Crippen MR) is 56.2 cm³/mol. The van der Waals surface area contributed by atoms with Crippen molar-refractivity contribution in [3.63, 3.8) is 0 Å². The molecule has 0 aliphatic heterocycles. The molecule has 1 aromatic rings. The molecule has 16 heavy (non-hydrogen) atoms. The van der Waals surface area contributed by atoms with E-state index >= 15 is 0 Å². The number of ether oxygens (including phenoxy) is 1. The lowest BCUT2D eigenvalue weighted by Crippen LogP contribution is -2.03. The van der Waals surface area contributed by atoms with Crippen LogP contribution in [0.2, 0.25) is 0 Å². The summed E-state index contributed by atoms with van der Waals surface area (Å²) in [6.07, 6.45) is 0. The summed E-state index contributed by atoms with van der Waals surface area (Å²) in [7, 11) is 0. The summed E-state index contributed by atoms with van der Waals surface area (Å²) in [5.41, 5.74) is 0. The smallest absolute Gasteiger partial charge is 0.346 e. The number of carbonyl (C=O) groups is 1. The maximum absolute atomic E-state index is 13.1. The molecule has 1 N–H and O–H groups in total. The highest BCUT2D eigenvalue weighted by Crippen LogP contribution is 2.25. The van der Waals surface area contributed by atoms with E-state index in [0.717, 1.165) is 12.1 Å². The number of halogens is 3. The van der Waals surface area contributed by atoms with E-state index in [0.29, 0.717) is 0 Å². The second-order valence-electron chi connectivity index (χ2n) is 2.83. The maximum Gasteiger partial charge on any atom is 0.346 e. The van der Waals surface area contributed by atoms with Crippen LogP contribution in [0.1, 0.15) is 6.92 Å². The Balaban J connectivity index is 3.06. The number of benzene rings is 1. The van der Waals surface area contributed by atoms with Gasteiger partial charge < -0.3 is 9.84 Å². The van der Waals surface area contributed by atoms with Crippen LogP contribution in [0, 0.1) is 11.6 Å². The van der Waals surface area contributed by atoms with Crippen LogP contribution < -0.4 is 4.74 Å². The maximum atomic E-state index is 13.1. The zero-order valence-corrected chi connectivity index (χ0v) is 9.72. The molecule has 0 aliphatic rings. The van der Waals surface area contributed by atoms with Crippen LogP contribution in [0.25, 0.3) is 0 Å². The summed E-state index contributed by atoms with van der Waals surface area (Å²) in [5, 5.41) is 8.60. The highest BCUT2D eigenvalue weighted by molar-refractivity contribution is 9.12. The number of carboxylic acids is 1. The van der Waals surface area contributed by atoms with Crippen LogP contribution in [0.15, 0.2) is 28.4 Å². The fourth-order valence-electron chi connectivity index (χ4n) is 0.929. The third-order valence-corrected chi connectivity index (χ3v) is 2.57. The van der Waals surface area contributed by atoms with E-state index in [1.165, 1.54) is 13.0 Å². The summed E-state index contributed by atoms with van der Waals surface area (Å²) < 4.78 is 30.8. The molecule has 0 atom stereocenters. The van der Waals surface area contributed by atoms with Crippen molar-refractivity contribution in [3.05, 3.63) is 40.1 Å². The van der Waals surface area contributed by atoms with Crippen molar-refractivity contribution in [2.45, 2.75) is 6.92 Å². The number of hydrogen-bond donors (Lipinski definition) is 1. The molecule has 0 saturated heterocycles. The molecule has 0 saturated carbocycles. The molecule has 1 rings (SSSR count). The summed E-state index contributed by atoms with van der Waals surface area (Å²) >= 11 is 2.72. The zero-order valence-electron chi connectivity index (χ0n) is 8.13.